The first-order valence-corrected chi connectivity index (χ1v) is 8.55. The zero-order valence-electron chi connectivity index (χ0n) is 14.7. The van der Waals surface area contributed by atoms with E-state index in [4.69, 9.17) is 0 Å². The maximum Gasteiger partial charge on any atom is 0.237 e. The van der Waals surface area contributed by atoms with Crippen LogP contribution in [0.25, 0.3) is 0 Å². The Morgan fingerprint density at radius 1 is 1.24 bits per heavy atom. The van der Waals surface area contributed by atoms with Gasteiger partial charge in [0.2, 0.25) is 5.91 Å². The van der Waals surface area contributed by atoms with Crippen molar-refractivity contribution in [1.29, 1.82) is 0 Å². The van der Waals surface area contributed by atoms with Crippen LogP contribution in [0.3, 0.4) is 0 Å². The summed E-state index contributed by atoms with van der Waals surface area (Å²) in [7, 11) is 2.24. The zero-order valence-corrected chi connectivity index (χ0v) is 14.7. The van der Waals surface area contributed by atoms with Gasteiger partial charge in [0, 0.05) is 11.6 Å². The van der Waals surface area contributed by atoms with E-state index < -0.39 is 0 Å². The molecular weight excluding hydrogens is 262 g/mol. The van der Waals surface area contributed by atoms with Crippen LogP contribution in [-0.4, -0.2) is 48.6 Å². The Kier molecular flexibility index (Phi) is 7.67. The van der Waals surface area contributed by atoms with Crippen LogP contribution in [0.4, 0.5) is 0 Å². The number of amides is 1. The number of carbonyl (C=O) groups excluding carboxylic acids is 1. The molecular formula is C17H35N3O. The maximum absolute atomic E-state index is 12.0. The van der Waals surface area contributed by atoms with Crippen molar-refractivity contribution in [3.8, 4) is 0 Å². The third kappa shape index (κ3) is 7.82. The Morgan fingerprint density at radius 3 is 2.43 bits per heavy atom. The van der Waals surface area contributed by atoms with Crippen molar-refractivity contribution in [2.75, 3.05) is 20.1 Å². The van der Waals surface area contributed by atoms with Gasteiger partial charge in [-0.25, -0.2) is 0 Å². The minimum Gasteiger partial charge on any atom is -0.350 e. The lowest BCUT2D eigenvalue weighted by molar-refractivity contribution is -0.124. The summed E-state index contributed by atoms with van der Waals surface area (Å²) < 4.78 is 0. The van der Waals surface area contributed by atoms with Crippen LogP contribution in [0.5, 0.6) is 0 Å². The second-order valence-electron chi connectivity index (χ2n) is 7.54. The van der Waals surface area contributed by atoms with E-state index in [2.05, 4.69) is 22.6 Å². The van der Waals surface area contributed by atoms with Gasteiger partial charge in [-0.2, -0.15) is 0 Å². The lowest BCUT2D eigenvalue weighted by Crippen LogP contribution is -2.49. The van der Waals surface area contributed by atoms with Crippen LogP contribution < -0.4 is 10.6 Å². The van der Waals surface area contributed by atoms with E-state index in [1.54, 1.807) is 0 Å². The molecule has 1 atom stereocenters. The predicted octanol–water partition coefficient (Wildman–Crippen LogP) is 2.53. The predicted molar refractivity (Wildman–Crippen MR) is 89.5 cm³/mol. The minimum absolute atomic E-state index is 0.0862. The number of hydrogen-bond donors (Lipinski definition) is 2. The first-order chi connectivity index (χ1) is 9.79. The summed E-state index contributed by atoms with van der Waals surface area (Å²) in [5.41, 5.74) is -0.159. The Hall–Kier alpha value is -0.610. The average Bonchev–Trinajstić information content (AvgIpc) is 2.42. The molecule has 1 rings (SSSR count). The molecule has 0 aliphatic heterocycles. The van der Waals surface area contributed by atoms with E-state index in [1.807, 2.05) is 27.7 Å². The molecule has 1 fully saturated rings. The molecule has 21 heavy (non-hydrogen) atoms. The van der Waals surface area contributed by atoms with Crippen LogP contribution in [0.1, 0.15) is 66.2 Å². The fraction of sp³-hybridized carbons (Fsp3) is 0.941. The standard InChI is InChI=1S/C17H35N3O/c1-14(16(21)19-17(2,3)4)18-12-9-13-20(5)15-10-7-6-8-11-15/h14-15,18H,6-13H2,1-5H3,(H,19,21). The summed E-state index contributed by atoms with van der Waals surface area (Å²) in [5, 5.41) is 6.33. The van der Waals surface area contributed by atoms with Gasteiger partial charge in [0.25, 0.3) is 0 Å². The van der Waals surface area contributed by atoms with Gasteiger partial charge in [-0.3, -0.25) is 4.79 Å². The molecule has 4 heteroatoms. The molecule has 0 spiro atoms. The largest absolute Gasteiger partial charge is 0.350 e. The van der Waals surface area contributed by atoms with Crippen molar-refractivity contribution in [3.05, 3.63) is 0 Å². The minimum atomic E-state index is -0.159. The molecule has 0 radical (unpaired) electrons. The van der Waals surface area contributed by atoms with E-state index in [0.29, 0.717) is 0 Å². The Labute approximate surface area is 131 Å². The molecule has 1 saturated carbocycles. The normalized spacial score (nSPS) is 18.8. The monoisotopic (exact) mass is 297 g/mol. The van der Waals surface area contributed by atoms with Gasteiger partial charge in [-0.05, 0) is 67.1 Å². The van der Waals surface area contributed by atoms with Crippen LogP contribution in [-0.2, 0) is 4.79 Å². The van der Waals surface area contributed by atoms with Crippen molar-refractivity contribution < 1.29 is 4.79 Å². The molecule has 0 saturated heterocycles. The smallest absolute Gasteiger partial charge is 0.237 e. The molecule has 124 valence electrons. The van der Waals surface area contributed by atoms with Gasteiger partial charge < -0.3 is 15.5 Å². The lowest BCUT2D eigenvalue weighted by Gasteiger charge is -2.31. The van der Waals surface area contributed by atoms with Gasteiger partial charge in [-0.1, -0.05) is 19.3 Å². The quantitative estimate of drug-likeness (QED) is 0.710. The van der Waals surface area contributed by atoms with Crippen LogP contribution in [0.2, 0.25) is 0 Å². The molecule has 0 aromatic rings. The molecule has 1 aliphatic rings. The Balaban J connectivity index is 2.13. The molecule has 4 nitrogen and oxygen atoms in total. The van der Waals surface area contributed by atoms with E-state index in [1.165, 1.54) is 32.1 Å². The maximum atomic E-state index is 12.0. The van der Waals surface area contributed by atoms with E-state index >= 15 is 0 Å². The van der Waals surface area contributed by atoms with Crippen LogP contribution >= 0.6 is 0 Å². The first kappa shape index (κ1) is 18.4. The van der Waals surface area contributed by atoms with Gasteiger partial charge in [0.1, 0.15) is 0 Å². The number of carbonyl (C=O) groups is 1. The fourth-order valence-corrected chi connectivity index (χ4v) is 2.92. The highest BCUT2D eigenvalue weighted by Gasteiger charge is 2.19. The molecule has 1 aliphatic carbocycles. The van der Waals surface area contributed by atoms with E-state index in [-0.39, 0.29) is 17.5 Å². The average molecular weight is 297 g/mol. The third-order valence-corrected chi connectivity index (χ3v) is 4.23. The summed E-state index contributed by atoms with van der Waals surface area (Å²) in [6.07, 6.45) is 7.99. The molecule has 0 aromatic carbocycles. The summed E-state index contributed by atoms with van der Waals surface area (Å²) in [5.74, 6) is 0.0862. The van der Waals surface area contributed by atoms with Gasteiger partial charge in [0.15, 0.2) is 0 Å². The van der Waals surface area contributed by atoms with E-state index in [0.717, 1.165) is 25.6 Å². The van der Waals surface area contributed by atoms with Crippen LogP contribution in [0.15, 0.2) is 0 Å². The van der Waals surface area contributed by atoms with Crippen molar-refractivity contribution in [3.63, 3.8) is 0 Å². The first-order valence-electron chi connectivity index (χ1n) is 8.55. The lowest BCUT2D eigenvalue weighted by atomic mass is 9.94. The number of nitrogens with zero attached hydrogens (tertiary/aromatic N) is 1. The van der Waals surface area contributed by atoms with Gasteiger partial charge in [0.05, 0.1) is 6.04 Å². The zero-order chi connectivity index (χ0) is 15.9. The second-order valence-corrected chi connectivity index (χ2v) is 7.54. The van der Waals surface area contributed by atoms with Crippen molar-refractivity contribution in [1.82, 2.24) is 15.5 Å². The Bertz CT molecular complexity index is 306. The van der Waals surface area contributed by atoms with Crippen molar-refractivity contribution in [2.45, 2.75) is 83.8 Å². The SMILES string of the molecule is CC(NCCCN(C)C1CCCCC1)C(=O)NC(C)(C)C. The molecule has 0 aromatic heterocycles. The van der Waals surface area contributed by atoms with Gasteiger partial charge >= 0.3 is 0 Å². The molecule has 1 amide bonds. The number of hydrogen-bond acceptors (Lipinski definition) is 3. The Morgan fingerprint density at radius 2 is 1.86 bits per heavy atom. The van der Waals surface area contributed by atoms with Crippen molar-refractivity contribution >= 4 is 5.91 Å². The van der Waals surface area contributed by atoms with Crippen molar-refractivity contribution in [2.24, 2.45) is 0 Å². The summed E-state index contributed by atoms with van der Waals surface area (Å²) in [4.78, 5) is 14.5. The fourth-order valence-electron chi connectivity index (χ4n) is 2.92. The highest BCUT2D eigenvalue weighted by molar-refractivity contribution is 5.81. The highest BCUT2D eigenvalue weighted by Crippen LogP contribution is 2.21. The molecule has 2 N–H and O–H groups in total. The number of rotatable bonds is 7. The molecule has 1 unspecified atom stereocenters. The molecule has 0 bridgehead atoms. The second kappa shape index (κ2) is 8.74. The summed E-state index contributed by atoms with van der Waals surface area (Å²) in [6.45, 7) is 9.98. The van der Waals surface area contributed by atoms with E-state index in [9.17, 15) is 4.79 Å². The highest BCUT2D eigenvalue weighted by atomic mass is 16.2. The number of nitrogens with one attached hydrogen (secondary N) is 2. The third-order valence-electron chi connectivity index (χ3n) is 4.23. The molecule has 0 heterocycles. The van der Waals surface area contributed by atoms with Gasteiger partial charge in [-0.15, -0.1) is 0 Å². The summed E-state index contributed by atoms with van der Waals surface area (Å²) in [6, 6.07) is 0.657. The summed E-state index contributed by atoms with van der Waals surface area (Å²) >= 11 is 0. The van der Waals surface area contributed by atoms with Crippen LogP contribution in [0, 0.1) is 0 Å². The topological polar surface area (TPSA) is 44.4 Å².